The molecule has 1 fully saturated rings. The number of hydrogen-bond donors (Lipinski definition) is 1. The molecule has 1 atom stereocenters. The van der Waals surface area contributed by atoms with Crippen molar-refractivity contribution in [1.82, 2.24) is 0 Å². The van der Waals surface area contributed by atoms with Gasteiger partial charge in [-0.25, -0.2) is 4.39 Å². The van der Waals surface area contributed by atoms with Gasteiger partial charge < -0.3 is 10.1 Å². The van der Waals surface area contributed by atoms with Gasteiger partial charge in [-0.15, -0.1) is 0 Å². The van der Waals surface area contributed by atoms with Crippen LogP contribution in [0.25, 0.3) is 0 Å². The summed E-state index contributed by atoms with van der Waals surface area (Å²) in [7, 11) is 0. The Morgan fingerprint density at radius 3 is 3.07 bits per heavy atom. The number of benzene rings is 1. The van der Waals surface area contributed by atoms with Gasteiger partial charge in [-0.1, -0.05) is 0 Å². The molecule has 0 aliphatic carbocycles. The summed E-state index contributed by atoms with van der Waals surface area (Å²) in [6.45, 7) is 1.48. The first-order chi connectivity index (χ1) is 6.75. The van der Waals surface area contributed by atoms with Gasteiger partial charge in [-0.3, -0.25) is 0 Å². The van der Waals surface area contributed by atoms with Gasteiger partial charge in [0, 0.05) is 11.1 Å². The van der Waals surface area contributed by atoms with Crippen molar-refractivity contribution >= 4 is 21.6 Å². The molecule has 4 heteroatoms. The summed E-state index contributed by atoms with van der Waals surface area (Å²) in [6.07, 6.45) is 0.975. The molecular weight excluding hydrogens is 249 g/mol. The number of hydrogen-bond acceptors (Lipinski definition) is 2. The monoisotopic (exact) mass is 259 g/mol. The minimum Gasteiger partial charge on any atom is -0.379 e. The van der Waals surface area contributed by atoms with Crippen LogP contribution < -0.4 is 5.32 Å². The number of anilines is 1. The minimum atomic E-state index is -0.227. The maximum absolute atomic E-state index is 12.9. The van der Waals surface area contributed by atoms with E-state index in [-0.39, 0.29) is 5.82 Å². The average molecular weight is 260 g/mol. The van der Waals surface area contributed by atoms with Crippen LogP contribution in [0.1, 0.15) is 6.42 Å². The Labute approximate surface area is 90.6 Å². The Bertz CT molecular complexity index is 326. The average Bonchev–Trinajstić information content (AvgIpc) is 2.64. The fourth-order valence-corrected chi connectivity index (χ4v) is 1.84. The van der Waals surface area contributed by atoms with Crippen LogP contribution in [-0.4, -0.2) is 19.3 Å². The lowest BCUT2D eigenvalue weighted by Gasteiger charge is -2.13. The van der Waals surface area contributed by atoms with Gasteiger partial charge in [0.1, 0.15) is 5.82 Å². The van der Waals surface area contributed by atoms with Crippen molar-refractivity contribution in [3.63, 3.8) is 0 Å². The third-order valence-electron chi connectivity index (χ3n) is 2.22. The molecular formula is C10H11BrFNO. The summed E-state index contributed by atoms with van der Waals surface area (Å²) in [5, 5.41) is 3.24. The maximum Gasteiger partial charge on any atom is 0.125 e. The highest BCUT2D eigenvalue weighted by Crippen LogP contribution is 2.24. The fraction of sp³-hybridized carbons (Fsp3) is 0.400. The summed E-state index contributed by atoms with van der Waals surface area (Å²) in [4.78, 5) is 0. The van der Waals surface area contributed by atoms with E-state index in [0.29, 0.717) is 12.6 Å². The molecule has 2 rings (SSSR count). The van der Waals surface area contributed by atoms with Crippen LogP contribution in [0.15, 0.2) is 22.7 Å². The molecule has 1 saturated heterocycles. The molecule has 76 valence electrons. The summed E-state index contributed by atoms with van der Waals surface area (Å²) < 4.78 is 19.0. The Balaban J connectivity index is 2.10. The normalized spacial score (nSPS) is 21.1. The Kier molecular flexibility index (Phi) is 3.03. The van der Waals surface area contributed by atoms with Gasteiger partial charge in [0.05, 0.1) is 18.3 Å². The lowest BCUT2D eigenvalue weighted by molar-refractivity contribution is 0.195. The van der Waals surface area contributed by atoms with Crippen LogP contribution in [0.3, 0.4) is 0 Å². The van der Waals surface area contributed by atoms with Crippen molar-refractivity contribution in [2.75, 3.05) is 18.5 Å². The molecule has 0 radical (unpaired) electrons. The standard InChI is InChI=1S/C10H11BrFNO/c11-9-2-1-7(12)5-10(9)13-8-3-4-14-6-8/h1-2,5,8,13H,3-4,6H2. The number of nitrogens with one attached hydrogen (secondary N) is 1. The number of ether oxygens (including phenoxy) is 1. The highest BCUT2D eigenvalue weighted by Gasteiger charge is 2.16. The first-order valence-corrected chi connectivity index (χ1v) is 5.34. The highest BCUT2D eigenvalue weighted by molar-refractivity contribution is 9.10. The molecule has 1 heterocycles. The van der Waals surface area contributed by atoms with Crippen molar-refractivity contribution in [3.8, 4) is 0 Å². The van der Waals surface area contributed by atoms with Crippen LogP contribution in [0, 0.1) is 5.82 Å². The molecule has 14 heavy (non-hydrogen) atoms. The largest absolute Gasteiger partial charge is 0.379 e. The van der Waals surface area contributed by atoms with Gasteiger partial charge in [0.25, 0.3) is 0 Å². The van der Waals surface area contributed by atoms with E-state index < -0.39 is 0 Å². The highest BCUT2D eigenvalue weighted by atomic mass is 79.9. The molecule has 1 unspecified atom stereocenters. The number of halogens is 2. The van der Waals surface area contributed by atoms with Crippen LogP contribution >= 0.6 is 15.9 Å². The molecule has 0 spiro atoms. The van der Waals surface area contributed by atoms with Crippen LogP contribution in [0.2, 0.25) is 0 Å². The SMILES string of the molecule is Fc1ccc(Br)c(NC2CCOC2)c1. The Hall–Kier alpha value is -0.610. The molecule has 0 amide bonds. The molecule has 0 bridgehead atoms. The predicted octanol–water partition coefficient (Wildman–Crippen LogP) is 2.79. The van der Waals surface area contributed by atoms with Gasteiger partial charge in [-0.05, 0) is 40.5 Å². The molecule has 0 aromatic heterocycles. The van der Waals surface area contributed by atoms with Crippen molar-refractivity contribution in [1.29, 1.82) is 0 Å². The van der Waals surface area contributed by atoms with Gasteiger partial charge in [0.2, 0.25) is 0 Å². The van der Waals surface area contributed by atoms with Crippen molar-refractivity contribution in [3.05, 3.63) is 28.5 Å². The summed E-state index contributed by atoms with van der Waals surface area (Å²) in [5.74, 6) is -0.227. The maximum atomic E-state index is 12.9. The first-order valence-electron chi connectivity index (χ1n) is 4.55. The van der Waals surface area contributed by atoms with Crippen LogP contribution in [0.5, 0.6) is 0 Å². The second-order valence-corrected chi connectivity index (χ2v) is 4.18. The molecule has 0 saturated carbocycles. The molecule has 1 N–H and O–H groups in total. The van der Waals surface area contributed by atoms with E-state index in [2.05, 4.69) is 21.2 Å². The molecule has 1 aliphatic heterocycles. The zero-order valence-corrected chi connectivity index (χ0v) is 9.18. The van der Waals surface area contributed by atoms with E-state index in [1.165, 1.54) is 12.1 Å². The van der Waals surface area contributed by atoms with Crippen LogP contribution in [-0.2, 0) is 4.74 Å². The van der Waals surface area contributed by atoms with Gasteiger partial charge in [0.15, 0.2) is 0 Å². The second-order valence-electron chi connectivity index (χ2n) is 3.33. The second kappa shape index (κ2) is 4.28. The zero-order valence-electron chi connectivity index (χ0n) is 7.59. The molecule has 1 aromatic carbocycles. The molecule has 1 aromatic rings. The smallest absolute Gasteiger partial charge is 0.125 e. The summed E-state index contributed by atoms with van der Waals surface area (Å²) in [6, 6.07) is 4.92. The zero-order chi connectivity index (χ0) is 9.97. The minimum absolute atomic E-state index is 0.227. The molecule has 2 nitrogen and oxygen atoms in total. The van der Waals surface area contributed by atoms with Crippen molar-refractivity contribution in [2.45, 2.75) is 12.5 Å². The van der Waals surface area contributed by atoms with E-state index in [4.69, 9.17) is 4.74 Å². The quantitative estimate of drug-likeness (QED) is 0.882. The summed E-state index contributed by atoms with van der Waals surface area (Å²) >= 11 is 3.37. The van der Waals surface area contributed by atoms with E-state index in [1.807, 2.05) is 0 Å². The third-order valence-corrected chi connectivity index (χ3v) is 2.91. The number of rotatable bonds is 2. The fourth-order valence-electron chi connectivity index (χ4n) is 1.48. The van der Waals surface area contributed by atoms with Crippen molar-refractivity contribution in [2.24, 2.45) is 0 Å². The first kappa shape index (κ1) is 9.93. The van der Waals surface area contributed by atoms with Crippen LogP contribution in [0.4, 0.5) is 10.1 Å². The lowest BCUT2D eigenvalue weighted by Crippen LogP contribution is -2.19. The van der Waals surface area contributed by atoms with E-state index in [1.54, 1.807) is 6.07 Å². The van der Waals surface area contributed by atoms with Gasteiger partial charge in [-0.2, -0.15) is 0 Å². The lowest BCUT2D eigenvalue weighted by atomic mass is 10.2. The predicted molar refractivity (Wildman–Crippen MR) is 56.9 cm³/mol. The van der Waals surface area contributed by atoms with E-state index in [0.717, 1.165) is 23.2 Å². The molecule has 1 aliphatic rings. The van der Waals surface area contributed by atoms with Gasteiger partial charge >= 0.3 is 0 Å². The van der Waals surface area contributed by atoms with Crippen molar-refractivity contribution < 1.29 is 9.13 Å². The Morgan fingerprint density at radius 1 is 1.50 bits per heavy atom. The Morgan fingerprint density at radius 2 is 2.36 bits per heavy atom. The third kappa shape index (κ3) is 2.25. The topological polar surface area (TPSA) is 21.3 Å². The van der Waals surface area contributed by atoms with E-state index in [9.17, 15) is 4.39 Å². The van der Waals surface area contributed by atoms with E-state index >= 15 is 0 Å². The summed E-state index contributed by atoms with van der Waals surface area (Å²) in [5.41, 5.74) is 0.792.